The highest BCUT2D eigenvalue weighted by atomic mass is 32.2. The summed E-state index contributed by atoms with van der Waals surface area (Å²) in [6.45, 7) is 2.01. The van der Waals surface area contributed by atoms with Crippen LogP contribution in [0.1, 0.15) is 21.5 Å². The molecule has 0 radical (unpaired) electrons. The first-order chi connectivity index (χ1) is 13.6. The Morgan fingerprint density at radius 1 is 0.786 bits per heavy atom. The van der Waals surface area contributed by atoms with Gasteiger partial charge in [-0.2, -0.15) is 0 Å². The minimum atomic E-state index is -0.136. The van der Waals surface area contributed by atoms with E-state index in [-0.39, 0.29) is 11.8 Å². The fraction of sp³-hybridized carbons (Fsp3) is 0.130. The molecule has 5 heteroatoms. The quantitative estimate of drug-likeness (QED) is 0.589. The molecule has 0 aliphatic rings. The Balaban J connectivity index is 1.44. The third kappa shape index (κ3) is 5.99. The molecule has 0 fully saturated rings. The highest BCUT2D eigenvalue weighted by Gasteiger charge is 2.07. The van der Waals surface area contributed by atoms with E-state index in [4.69, 9.17) is 0 Å². The van der Waals surface area contributed by atoms with Gasteiger partial charge in [0.2, 0.25) is 5.91 Å². The molecule has 0 spiro atoms. The van der Waals surface area contributed by atoms with Gasteiger partial charge in [0, 0.05) is 22.7 Å². The van der Waals surface area contributed by atoms with Gasteiger partial charge in [-0.1, -0.05) is 48.0 Å². The molecule has 2 amide bonds. The molecule has 0 unspecified atom stereocenters. The summed E-state index contributed by atoms with van der Waals surface area (Å²) in [6, 6.07) is 24.6. The second-order valence-electron chi connectivity index (χ2n) is 6.42. The van der Waals surface area contributed by atoms with Crippen molar-refractivity contribution in [3.63, 3.8) is 0 Å². The van der Waals surface area contributed by atoms with Crippen LogP contribution < -0.4 is 10.6 Å². The van der Waals surface area contributed by atoms with Gasteiger partial charge in [0.05, 0.1) is 5.75 Å². The molecule has 0 aliphatic carbocycles. The van der Waals surface area contributed by atoms with Crippen LogP contribution in [-0.4, -0.2) is 17.6 Å². The number of amides is 2. The SMILES string of the molecule is Cc1ccc(NC(=O)CSCc2ccc(C(=O)Nc3ccccc3)cc2)cc1. The Morgan fingerprint density at radius 2 is 1.43 bits per heavy atom. The third-order valence-electron chi connectivity index (χ3n) is 4.08. The van der Waals surface area contributed by atoms with E-state index in [0.717, 1.165) is 22.5 Å². The summed E-state index contributed by atoms with van der Waals surface area (Å²) in [4.78, 5) is 24.3. The van der Waals surface area contributed by atoms with Crippen molar-refractivity contribution in [1.82, 2.24) is 0 Å². The number of carbonyl (C=O) groups is 2. The van der Waals surface area contributed by atoms with Crippen LogP contribution >= 0.6 is 11.8 Å². The van der Waals surface area contributed by atoms with Gasteiger partial charge in [0.1, 0.15) is 0 Å². The lowest BCUT2D eigenvalue weighted by Gasteiger charge is -2.07. The second kappa shape index (κ2) is 9.76. The Labute approximate surface area is 169 Å². The summed E-state index contributed by atoms with van der Waals surface area (Å²) >= 11 is 1.54. The molecule has 28 heavy (non-hydrogen) atoms. The van der Waals surface area contributed by atoms with Crippen LogP contribution in [0.5, 0.6) is 0 Å². The summed E-state index contributed by atoms with van der Waals surface area (Å²) in [6.07, 6.45) is 0. The number of benzene rings is 3. The zero-order chi connectivity index (χ0) is 19.8. The lowest BCUT2D eigenvalue weighted by atomic mass is 10.1. The van der Waals surface area contributed by atoms with Crippen molar-refractivity contribution in [2.45, 2.75) is 12.7 Å². The lowest BCUT2D eigenvalue weighted by molar-refractivity contribution is -0.113. The first-order valence-electron chi connectivity index (χ1n) is 9.00. The maximum absolute atomic E-state index is 12.3. The minimum absolute atomic E-state index is 0.0206. The number of hydrogen-bond acceptors (Lipinski definition) is 3. The fourth-order valence-electron chi connectivity index (χ4n) is 2.57. The van der Waals surface area contributed by atoms with E-state index in [1.165, 1.54) is 0 Å². The van der Waals surface area contributed by atoms with Crippen LogP contribution in [0.2, 0.25) is 0 Å². The van der Waals surface area contributed by atoms with Crippen LogP contribution in [-0.2, 0) is 10.5 Å². The first-order valence-corrected chi connectivity index (χ1v) is 10.2. The van der Waals surface area contributed by atoms with Crippen molar-refractivity contribution in [2.24, 2.45) is 0 Å². The molecule has 0 saturated carbocycles. The molecule has 0 bridgehead atoms. The van der Waals surface area contributed by atoms with Crippen LogP contribution in [0.3, 0.4) is 0 Å². The molecule has 0 aliphatic heterocycles. The van der Waals surface area contributed by atoms with Gasteiger partial charge >= 0.3 is 0 Å². The topological polar surface area (TPSA) is 58.2 Å². The number of hydrogen-bond donors (Lipinski definition) is 2. The average molecular weight is 391 g/mol. The number of thioether (sulfide) groups is 1. The van der Waals surface area contributed by atoms with Crippen LogP contribution in [0.25, 0.3) is 0 Å². The van der Waals surface area contributed by atoms with E-state index < -0.39 is 0 Å². The number of rotatable bonds is 7. The van der Waals surface area contributed by atoms with Crippen LogP contribution in [0.15, 0.2) is 78.9 Å². The number of carbonyl (C=O) groups excluding carboxylic acids is 2. The lowest BCUT2D eigenvalue weighted by Crippen LogP contribution is -2.14. The maximum Gasteiger partial charge on any atom is 0.255 e. The van der Waals surface area contributed by atoms with E-state index in [0.29, 0.717) is 17.1 Å². The molecule has 0 aromatic heterocycles. The Hall–Kier alpha value is -3.05. The highest BCUT2D eigenvalue weighted by molar-refractivity contribution is 7.99. The summed E-state index contributed by atoms with van der Waals surface area (Å²) < 4.78 is 0. The van der Waals surface area contributed by atoms with Crippen molar-refractivity contribution < 1.29 is 9.59 Å². The standard InChI is InChI=1S/C23H22N2O2S/c1-17-7-13-21(14-8-17)24-22(26)16-28-15-18-9-11-19(12-10-18)23(27)25-20-5-3-2-4-6-20/h2-14H,15-16H2,1H3,(H,24,26)(H,25,27). The number of aryl methyl sites for hydroxylation is 1. The smallest absolute Gasteiger partial charge is 0.255 e. The molecule has 0 heterocycles. The predicted octanol–water partition coefficient (Wildman–Crippen LogP) is 5.12. The van der Waals surface area contributed by atoms with E-state index in [2.05, 4.69) is 10.6 Å². The first kappa shape index (κ1) is 19.7. The van der Waals surface area contributed by atoms with Gasteiger partial charge in [-0.3, -0.25) is 9.59 Å². The number of nitrogens with one attached hydrogen (secondary N) is 2. The molecular formula is C23H22N2O2S. The summed E-state index contributed by atoms with van der Waals surface area (Å²) in [5.41, 5.74) is 4.42. The highest BCUT2D eigenvalue weighted by Crippen LogP contribution is 2.16. The monoisotopic (exact) mass is 390 g/mol. The minimum Gasteiger partial charge on any atom is -0.325 e. The number of para-hydroxylation sites is 1. The normalized spacial score (nSPS) is 10.3. The molecule has 3 aromatic rings. The molecule has 3 rings (SSSR count). The van der Waals surface area contributed by atoms with Gasteiger partial charge in [0.15, 0.2) is 0 Å². The van der Waals surface area contributed by atoms with Gasteiger partial charge in [0.25, 0.3) is 5.91 Å². The van der Waals surface area contributed by atoms with Crippen molar-refractivity contribution in [2.75, 3.05) is 16.4 Å². The Kier molecular flexibility index (Phi) is 6.87. The predicted molar refractivity (Wildman–Crippen MR) is 117 cm³/mol. The Bertz CT molecular complexity index is 923. The molecule has 0 saturated heterocycles. The molecule has 4 nitrogen and oxygen atoms in total. The largest absolute Gasteiger partial charge is 0.325 e. The zero-order valence-electron chi connectivity index (χ0n) is 15.6. The third-order valence-corrected chi connectivity index (χ3v) is 5.09. The molecule has 0 atom stereocenters. The fourth-order valence-corrected chi connectivity index (χ4v) is 3.36. The van der Waals surface area contributed by atoms with Gasteiger partial charge in [-0.15, -0.1) is 11.8 Å². The van der Waals surface area contributed by atoms with E-state index >= 15 is 0 Å². The van der Waals surface area contributed by atoms with Crippen LogP contribution in [0, 0.1) is 6.92 Å². The average Bonchev–Trinajstić information content (AvgIpc) is 2.71. The zero-order valence-corrected chi connectivity index (χ0v) is 16.5. The van der Waals surface area contributed by atoms with E-state index in [1.54, 1.807) is 23.9 Å². The summed E-state index contributed by atoms with van der Waals surface area (Å²) in [5, 5.41) is 5.76. The molecular weight excluding hydrogens is 368 g/mol. The van der Waals surface area contributed by atoms with Gasteiger partial charge < -0.3 is 10.6 Å². The van der Waals surface area contributed by atoms with Gasteiger partial charge in [-0.05, 0) is 48.9 Å². The van der Waals surface area contributed by atoms with Crippen molar-refractivity contribution >= 4 is 35.0 Å². The summed E-state index contributed by atoms with van der Waals surface area (Å²) in [7, 11) is 0. The van der Waals surface area contributed by atoms with Gasteiger partial charge in [-0.25, -0.2) is 0 Å². The second-order valence-corrected chi connectivity index (χ2v) is 7.41. The molecule has 3 aromatic carbocycles. The van der Waals surface area contributed by atoms with E-state index in [9.17, 15) is 9.59 Å². The van der Waals surface area contributed by atoms with Crippen molar-refractivity contribution in [1.29, 1.82) is 0 Å². The van der Waals surface area contributed by atoms with Crippen molar-refractivity contribution in [3.8, 4) is 0 Å². The number of anilines is 2. The molecule has 142 valence electrons. The Morgan fingerprint density at radius 3 is 2.11 bits per heavy atom. The molecule has 2 N–H and O–H groups in total. The van der Waals surface area contributed by atoms with Crippen molar-refractivity contribution in [3.05, 3.63) is 95.6 Å². The summed E-state index contributed by atoms with van der Waals surface area (Å²) in [5.74, 6) is 0.932. The maximum atomic E-state index is 12.3. The van der Waals surface area contributed by atoms with Crippen LogP contribution in [0.4, 0.5) is 11.4 Å². The van der Waals surface area contributed by atoms with E-state index in [1.807, 2.05) is 73.7 Å².